The zero-order valence-corrected chi connectivity index (χ0v) is 10.0. The van der Waals surface area contributed by atoms with Crippen LogP contribution in [0.3, 0.4) is 0 Å². The normalized spacial score (nSPS) is 23.7. The summed E-state index contributed by atoms with van der Waals surface area (Å²) in [6.45, 7) is 0.328. The fourth-order valence-electron chi connectivity index (χ4n) is 1.81. The van der Waals surface area contributed by atoms with Gasteiger partial charge in [-0.3, -0.25) is 9.59 Å². The van der Waals surface area contributed by atoms with Crippen molar-refractivity contribution in [2.75, 3.05) is 39.4 Å². The van der Waals surface area contributed by atoms with Crippen molar-refractivity contribution in [1.82, 2.24) is 15.5 Å². The first-order valence-corrected chi connectivity index (χ1v) is 5.80. The molecule has 0 unspecified atom stereocenters. The lowest BCUT2D eigenvalue weighted by atomic mass is 10.1. The first-order chi connectivity index (χ1) is 8.60. The molecule has 1 heterocycles. The SMILES string of the molecule is O=C(O)[C@@H]1CN[C@@H](C(=O)N(CCO)CCO)CN1. The van der Waals surface area contributed by atoms with Gasteiger partial charge in [0.15, 0.2) is 0 Å². The molecular weight excluding hydrogens is 242 g/mol. The largest absolute Gasteiger partial charge is 0.480 e. The van der Waals surface area contributed by atoms with E-state index in [9.17, 15) is 9.59 Å². The molecule has 18 heavy (non-hydrogen) atoms. The van der Waals surface area contributed by atoms with Crippen molar-refractivity contribution in [1.29, 1.82) is 0 Å². The number of rotatable bonds is 6. The molecule has 1 amide bonds. The Morgan fingerprint density at radius 1 is 1.06 bits per heavy atom. The Morgan fingerprint density at radius 2 is 1.56 bits per heavy atom. The van der Waals surface area contributed by atoms with E-state index in [-0.39, 0.29) is 45.3 Å². The van der Waals surface area contributed by atoms with Crippen molar-refractivity contribution in [3.63, 3.8) is 0 Å². The predicted molar refractivity (Wildman–Crippen MR) is 62.0 cm³/mol. The molecule has 0 saturated carbocycles. The lowest BCUT2D eigenvalue weighted by Gasteiger charge is -2.32. The van der Waals surface area contributed by atoms with E-state index in [0.29, 0.717) is 0 Å². The number of carbonyl (C=O) groups excluding carboxylic acids is 1. The Bertz CT molecular complexity index is 285. The highest BCUT2D eigenvalue weighted by atomic mass is 16.4. The minimum Gasteiger partial charge on any atom is -0.480 e. The zero-order chi connectivity index (χ0) is 13.5. The molecule has 8 heteroatoms. The fourth-order valence-corrected chi connectivity index (χ4v) is 1.81. The maximum Gasteiger partial charge on any atom is 0.322 e. The average Bonchev–Trinajstić information content (AvgIpc) is 2.38. The van der Waals surface area contributed by atoms with Crippen LogP contribution in [-0.2, 0) is 9.59 Å². The highest BCUT2D eigenvalue weighted by Crippen LogP contribution is 2.00. The number of carboxylic acid groups (broad SMARTS) is 1. The topological polar surface area (TPSA) is 122 Å². The summed E-state index contributed by atoms with van der Waals surface area (Å²) < 4.78 is 0. The molecule has 0 bridgehead atoms. The van der Waals surface area contributed by atoms with Gasteiger partial charge in [-0.2, -0.15) is 0 Å². The molecule has 0 radical (unpaired) electrons. The van der Waals surface area contributed by atoms with E-state index in [4.69, 9.17) is 15.3 Å². The summed E-state index contributed by atoms with van der Waals surface area (Å²) in [5.74, 6) is -1.22. The predicted octanol–water partition coefficient (Wildman–Crippen LogP) is -3.19. The van der Waals surface area contributed by atoms with Crippen LogP contribution in [0.1, 0.15) is 0 Å². The molecule has 8 nitrogen and oxygen atoms in total. The molecular formula is C10H19N3O5. The number of aliphatic hydroxyl groups excluding tert-OH is 2. The maximum absolute atomic E-state index is 12.0. The minimum absolute atomic E-state index is 0.153. The third-order valence-corrected chi connectivity index (χ3v) is 2.78. The van der Waals surface area contributed by atoms with Gasteiger partial charge in [0.2, 0.25) is 5.91 Å². The van der Waals surface area contributed by atoms with Gasteiger partial charge in [0.1, 0.15) is 6.04 Å². The summed E-state index contributed by atoms with van der Waals surface area (Å²) in [4.78, 5) is 24.1. The number of amides is 1. The molecule has 1 rings (SSSR count). The third-order valence-electron chi connectivity index (χ3n) is 2.78. The fraction of sp³-hybridized carbons (Fsp3) is 0.800. The third kappa shape index (κ3) is 3.91. The van der Waals surface area contributed by atoms with Crippen molar-refractivity contribution in [3.05, 3.63) is 0 Å². The van der Waals surface area contributed by atoms with Crippen molar-refractivity contribution >= 4 is 11.9 Å². The Hall–Kier alpha value is -1.22. The highest BCUT2D eigenvalue weighted by Gasteiger charge is 2.30. The number of aliphatic carboxylic acids is 1. The summed E-state index contributed by atoms with van der Waals surface area (Å²) in [5.41, 5.74) is 0. The summed E-state index contributed by atoms with van der Waals surface area (Å²) in [6, 6.07) is -1.23. The number of hydrogen-bond donors (Lipinski definition) is 5. The van der Waals surface area contributed by atoms with Crippen molar-refractivity contribution in [3.8, 4) is 0 Å². The van der Waals surface area contributed by atoms with Gasteiger partial charge in [0, 0.05) is 26.2 Å². The maximum atomic E-state index is 12.0. The number of nitrogens with one attached hydrogen (secondary N) is 2. The van der Waals surface area contributed by atoms with E-state index in [1.165, 1.54) is 4.90 Å². The molecule has 5 N–H and O–H groups in total. The first kappa shape index (κ1) is 14.8. The minimum atomic E-state index is -0.962. The molecule has 0 aromatic carbocycles. The highest BCUT2D eigenvalue weighted by molar-refractivity contribution is 5.83. The first-order valence-electron chi connectivity index (χ1n) is 5.80. The monoisotopic (exact) mass is 261 g/mol. The van der Waals surface area contributed by atoms with E-state index >= 15 is 0 Å². The van der Waals surface area contributed by atoms with Gasteiger partial charge in [0.05, 0.1) is 19.3 Å². The number of carbonyl (C=O) groups is 2. The summed E-state index contributed by atoms with van der Waals surface area (Å²) in [6.07, 6.45) is 0. The van der Waals surface area contributed by atoms with Crippen LogP contribution in [-0.4, -0.2) is 83.6 Å². The van der Waals surface area contributed by atoms with E-state index in [2.05, 4.69) is 10.6 Å². The molecule has 0 aliphatic carbocycles. The molecule has 1 aliphatic heterocycles. The van der Waals surface area contributed by atoms with Crippen LogP contribution in [0, 0.1) is 0 Å². The van der Waals surface area contributed by atoms with Gasteiger partial charge in [-0.25, -0.2) is 0 Å². The van der Waals surface area contributed by atoms with Gasteiger partial charge in [0.25, 0.3) is 0 Å². The summed E-state index contributed by atoms with van der Waals surface area (Å²) >= 11 is 0. The summed E-state index contributed by atoms with van der Waals surface area (Å²) in [5, 5.41) is 32.1. The van der Waals surface area contributed by atoms with Crippen LogP contribution in [0.2, 0.25) is 0 Å². The lowest BCUT2D eigenvalue weighted by molar-refractivity contribution is -0.141. The van der Waals surface area contributed by atoms with E-state index in [0.717, 1.165) is 0 Å². The van der Waals surface area contributed by atoms with Crippen molar-refractivity contribution < 1.29 is 24.9 Å². The lowest BCUT2D eigenvalue weighted by Crippen LogP contribution is -2.62. The summed E-state index contributed by atoms with van der Waals surface area (Å²) in [7, 11) is 0. The number of nitrogens with zero attached hydrogens (tertiary/aromatic N) is 1. The van der Waals surface area contributed by atoms with E-state index in [1.54, 1.807) is 0 Å². The Labute approximate surface area is 105 Å². The second-order valence-corrected chi connectivity index (χ2v) is 4.03. The van der Waals surface area contributed by atoms with Gasteiger partial charge in [-0.15, -0.1) is 0 Å². The van der Waals surface area contributed by atoms with Crippen LogP contribution >= 0.6 is 0 Å². The van der Waals surface area contributed by atoms with Crippen molar-refractivity contribution in [2.24, 2.45) is 0 Å². The molecule has 0 aromatic heterocycles. The van der Waals surface area contributed by atoms with Crippen LogP contribution < -0.4 is 10.6 Å². The van der Waals surface area contributed by atoms with Crippen molar-refractivity contribution in [2.45, 2.75) is 12.1 Å². The molecule has 2 atom stereocenters. The molecule has 1 aliphatic rings. The van der Waals surface area contributed by atoms with Gasteiger partial charge < -0.3 is 30.9 Å². The van der Waals surface area contributed by atoms with E-state index in [1.807, 2.05) is 0 Å². The molecule has 1 saturated heterocycles. The van der Waals surface area contributed by atoms with Crippen LogP contribution in [0.4, 0.5) is 0 Å². The molecule has 104 valence electrons. The molecule has 1 fully saturated rings. The Morgan fingerprint density at radius 3 is 1.94 bits per heavy atom. The second kappa shape index (κ2) is 7.27. The van der Waals surface area contributed by atoms with Crippen LogP contribution in [0.15, 0.2) is 0 Å². The quantitative estimate of drug-likeness (QED) is 0.341. The average molecular weight is 261 g/mol. The number of hydrogen-bond acceptors (Lipinski definition) is 6. The van der Waals surface area contributed by atoms with Gasteiger partial charge >= 0.3 is 5.97 Å². The Kier molecular flexibility index (Phi) is 5.99. The van der Waals surface area contributed by atoms with Crippen LogP contribution in [0.25, 0.3) is 0 Å². The van der Waals surface area contributed by atoms with Gasteiger partial charge in [-0.05, 0) is 0 Å². The zero-order valence-electron chi connectivity index (χ0n) is 10.0. The van der Waals surface area contributed by atoms with E-state index < -0.39 is 18.1 Å². The van der Waals surface area contributed by atoms with Crippen LogP contribution in [0.5, 0.6) is 0 Å². The molecule has 0 spiro atoms. The Balaban J connectivity index is 2.49. The number of carboxylic acids is 1. The molecule has 0 aromatic rings. The second-order valence-electron chi connectivity index (χ2n) is 4.03. The standard InChI is InChI=1S/C10H19N3O5/c14-3-1-13(2-4-15)9(16)7-5-12-8(6-11-7)10(17)18/h7-8,11-12,14-15H,1-6H2,(H,17,18)/t7-,8+/m1/s1. The smallest absolute Gasteiger partial charge is 0.322 e. The van der Waals surface area contributed by atoms with Gasteiger partial charge in [-0.1, -0.05) is 0 Å². The number of aliphatic hydroxyl groups is 2. The number of piperazine rings is 1.